The standard InChI is InChI=1S/C19H17ClN2O3/c20-16-2-1-3-17-15(16)8-10-22(17)11-9-18(23)21-12-13-4-6-14(7-5-13)19(24)25/h1-8,10H,9,11-12H2,(H,21,23)(H,24,25). The van der Waals surface area contributed by atoms with E-state index in [1.54, 1.807) is 12.1 Å². The molecule has 6 heteroatoms. The summed E-state index contributed by atoms with van der Waals surface area (Å²) in [6.45, 7) is 0.935. The summed E-state index contributed by atoms with van der Waals surface area (Å²) in [5.41, 5.74) is 2.09. The van der Waals surface area contributed by atoms with E-state index in [9.17, 15) is 9.59 Å². The first-order valence-corrected chi connectivity index (χ1v) is 8.24. The molecule has 3 aromatic rings. The van der Waals surface area contributed by atoms with Crippen molar-refractivity contribution >= 4 is 34.4 Å². The minimum atomic E-state index is -0.963. The van der Waals surface area contributed by atoms with Crippen molar-refractivity contribution in [2.75, 3.05) is 0 Å². The fourth-order valence-electron chi connectivity index (χ4n) is 2.66. The average Bonchev–Trinajstić information content (AvgIpc) is 3.03. The first-order chi connectivity index (χ1) is 12.0. The maximum absolute atomic E-state index is 12.0. The van der Waals surface area contributed by atoms with Gasteiger partial charge in [0.1, 0.15) is 0 Å². The zero-order chi connectivity index (χ0) is 17.8. The lowest BCUT2D eigenvalue weighted by atomic mass is 10.1. The van der Waals surface area contributed by atoms with Crippen LogP contribution in [0.15, 0.2) is 54.7 Å². The minimum absolute atomic E-state index is 0.0637. The van der Waals surface area contributed by atoms with Crippen molar-refractivity contribution in [2.45, 2.75) is 19.5 Å². The highest BCUT2D eigenvalue weighted by Crippen LogP contribution is 2.24. The van der Waals surface area contributed by atoms with E-state index >= 15 is 0 Å². The fraction of sp³-hybridized carbons (Fsp3) is 0.158. The van der Waals surface area contributed by atoms with Gasteiger partial charge in [-0.1, -0.05) is 29.8 Å². The van der Waals surface area contributed by atoms with E-state index < -0.39 is 5.97 Å². The first-order valence-electron chi connectivity index (χ1n) is 7.87. The predicted molar refractivity (Wildman–Crippen MR) is 96.8 cm³/mol. The van der Waals surface area contributed by atoms with Crippen molar-refractivity contribution in [3.63, 3.8) is 0 Å². The molecular formula is C19H17ClN2O3. The molecule has 1 amide bonds. The van der Waals surface area contributed by atoms with Crippen molar-refractivity contribution in [1.82, 2.24) is 9.88 Å². The summed E-state index contributed by atoms with van der Waals surface area (Å²) in [7, 11) is 0. The molecule has 3 rings (SSSR count). The number of hydrogen-bond acceptors (Lipinski definition) is 2. The summed E-state index contributed by atoms with van der Waals surface area (Å²) in [5.74, 6) is -1.03. The van der Waals surface area contributed by atoms with Gasteiger partial charge in [0.25, 0.3) is 0 Å². The molecule has 0 radical (unpaired) electrons. The topological polar surface area (TPSA) is 71.3 Å². The number of nitrogens with one attached hydrogen (secondary N) is 1. The average molecular weight is 357 g/mol. The number of halogens is 1. The third-order valence-corrected chi connectivity index (χ3v) is 4.36. The molecule has 0 fully saturated rings. The van der Waals surface area contributed by atoms with Crippen molar-refractivity contribution in [3.8, 4) is 0 Å². The highest BCUT2D eigenvalue weighted by atomic mass is 35.5. The molecule has 0 spiro atoms. The van der Waals surface area contributed by atoms with E-state index in [1.165, 1.54) is 12.1 Å². The minimum Gasteiger partial charge on any atom is -0.478 e. The second kappa shape index (κ2) is 7.40. The monoisotopic (exact) mass is 356 g/mol. The highest BCUT2D eigenvalue weighted by molar-refractivity contribution is 6.35. The Bertz CT molecular complexity index is 916. The second-order valence-corrected chi connectivity index (χ2v) is 6.12. The number of carbonyl (C=O) groups is 2. The number of amides is 1. The van der Waals surface area contributed by atoms with Crippen molar-refractivity contribution in [2.24, 2.45) is 0 Å². The summed E-state index contributed by atoms with van der Waals surface area (Å²) >= 11 is 6.15. The van der Waals surface area contributed by atoms with E-state index in [2.05, 4.69) is 5.32 Å². The number of aryl methyl sites for hydroxylation is 1. The van der Waals surface area contributed by atoms with Crippen LogP contribution in [0, 0.1) is 0 Å². The number of fused-ring (bicyclic) bond motifs is 1. The molecule has 0 saturated carbocycles. The number of carbonyl (C=O) groups excluding carboxylic acids is 1. The molecule has 0 unspecified atom stereocenters. The Morgan fingerprint density at radius 1 is 1.08 bits per heavy atom. The van der Waals surface area contributed by atoms with E-state index in [4.69, 9.17) is 16.7 Å². The molecule has 0 bridgehead atoms. The van der Waals surface area contributed by atoms with Gasteiger partial charge in [0.2, 0.25) is 5.91 Å². The van der Waals surface area contributed by atoms with Crippen molar-refractivity contribution < 1.29 is 14.7 Å². The zero-order valence-corrected chi connectivity index (χ0v) is 14.2. The van der Waals surface area contributed by atoms with Gasteiger partial charge in [-0.15, -0.1) is 0 Å². The molecule has 2 N–H and O–H groups in total. The summed E-state index contributed by atoms with van der Waals surface area (Å²) in [5, 5.41) is 13.4. The van der Waals surface area contributed by atoms with Crippen LogP contribution in [0.5, 0.6) is 0 Å². The number of benzene rings is 2. The van der Waals surface area contributed by atoms with E-state index in [0.29, 0.717) is 24.5 Å². The molecule has 5 nitrogen and oxygen atoms in total. The number of hydrogen-bond donors (Lipinski definition) is 2. The smallest absolute Gasteiger partial charge is 0.335 e. The number of nitrogens with zero attached hydrogens (tertiary/aromatic N) is 1. The lowest BCUT2D eigenvalue weighted by molar-refractivity contribution is -0.121. The van der Waals surface area contributed by atoms with Crippen LogP contribution in [0.3, 0.4) is 0 Å². The molecule has 0 atom stereocenters. The molecule has 1 heterocycles. The number of aromatic carboxylic acids is 1. The van der Waals surface area contributed by atoms with E-state index in [-0.39, 0.29) is 11.5 Å². The molecule has 128 valence electrons. The zero-order valence-electron chi connectivity index (χ0n) is 13.4. The molecule has 1 aromatic heterocycles. The maximum Gasteiger partial charge on any atom is 0.335 e. The van der Waals surface area contributed by atoms with Gasteiger partial charge in [-0.3, -0.25) is 4.79 Å². The van der Waals surface area contributed by atoms with Crippen LogP contribution in [0.25, 0.3) is 10.9 Å². The SMILES string of the molecule is O=C(CCn1ccc2c(Cl)cccc21)NCc1ccc(C(=O)O)cc1. The van der Waals surface area contributed by atoms with Crippen LogP contribution < -0.4 is 5.32 Å². The van der Waals surface area contributed by atoms with Crippen LogP contribution in [0.4, 0.5) is 0 Å². The summed E-state index contributed by atoms with van der Waals surface area (Å²) in [4.78, 5) is 22.9. The Labute approximate surface area is 149 Å². The van der Waals surface area contributed by atoms with Gasteiger partial charge in [0.05, 0.1) is 5.56 Å². The first kappa shape index (κ1) is 17.0. The predicted octanol–water partition coefficient (Wildman–Crippen LogP) is 3.70. The van der Waals surface area contributed by atoms with Crippen LogP contribution in [0.1, 0.15) is 22.3 Å². The molecule has 0 saturated heterocycles. The molecule has 0 aliphatic rings. The third kappa shape index (κ3) is 4.00. The van der Waals surface area contributed by atoms with Gasteiger partial charge < -0.3 is 15.0 Å². The van der Waals surface area contributed by atoms with Crippen LogP contribution in [-0.4, -0.2) is 21.6 Å². The Morgan fingerprint density at radius 3 is 2.56 bits per heavy atom. The van der Waals surface area contributed by atoms with Gasteiger partial charge in [0.15, 0.2) is 0 Å². The fourth-order valence-corrected chi connectivity index (χ4v) is 2.89. The van der Waals surface area contributed by atoms with Gasteiger partial charge in [-0.2, -0.15) is 0 Å². The molecule has 0 aliphatic carbocycles. The van der Waals surface area contributed by atoms with Crippen molar-refractivity contribution in [1.29, 1.82) is 0 Å². The summed E-state index contributed by atoms with van der Waals surface area (Å²) in [6, 6.07) is 14.1. The van der Waals surface area contributed by atoms with Crippen LogP contribution in [-0.2, 0) is 17.9 Å². The Balaban J connectivity index is 1.54. The van der Waals surface area contributed by atoms with Gasteiger partial charge in [-0.05, 0) is 35.9 Å². The lowest BCUT2D eigenvalue weighted by Gasteiger charge is -2.08. The number of rotatable bonds is 6. The molecule has 25 heavy (non-hydrogen) atoms. The Morgan fingerprint density at radius 2 is 1.84 bits per heavy atom. The Kier molecular flexibility index (Phi) is 5.05. The van der Waals surface area contributed by atoms with Crippen molar-refractivity contribution in [3.05, 3.63) is 70.9 Å². The second-order valence-electron chi connectivity index (χ2n) is 5.71. The molecule has 0 aliphatic heterocycles. The number of carboxylic acids is 1. The molecular weight excluding hydrogens is 340 g/mol. The van der Waals surface area contributed by atoms with Gasteiger partial charge in [-0.25, -0.2) is 4.79 Å². The van der Waals surface area contributed by atoms with Gasteiger partial charge in [0, 0.05) is 41.6 Å². The lowest BCUT2D eigenvalue weighted by Crippen LogP contribution is -2.23. The maximum atomic E-state index is 12.0. The largest absolute Gasteiger partial charge is 0.478 e. The highest BCUT2D eigenvalue weighted by Gasteiger charge is 2.07. The van der Waals surface area contributed by atoms with E-state index in [1.807, 2.05) is 35.0 Å². The van der Waals surface area contributed by atoms with E-state index in [0.717, 1.165) is 16.5 Å². The quantitative estimate of drug-likeness (QED) is 0.707. The van der Waals surface area contributed by atoms with Crippen LogP contribution >= 0.6 is 11.6 Å². The van der Waals surface area contributed by atoms with Crippen LogP contribution in [0.2, 0.25) is 5.02 Å². The normalized spacial score (nSPS) is 10.8. The number of aromatic nitrogens is 1. The third-order valence-electron chi connectivity index (χ3n) is 4.03. The summed E-state index contributed by atoms with van der Waals surface area (Å²) < 4.78 is 2.00. The van der Waals surface area contributed by atoms with Gasteiger partial charge >= 0.3 is 5.97 Å². The Hall–Kier alpha value is -2.79. The summed E-state index contributed by atoms with van der Waals surface area (Å²) in [6.07, 6.45) is 2.28. The number of carboxylic acid groups (broad SMARTS) is 1. The molecule has 2 aromatic carbocycles.